The number of fused-ring (bicyclic) bond motifs is 1. The van der Waals surface area contributed by atoms with E-state index >= 15 is 0 Å². The maximum absolute atomic E-state index is 13.8. The summed E-state index contributed by atoms with van der Waals surface area (Å²) in [6, 6.07) is 18.6. The first kappa shape index (κ1) is 26.5. The van der Waals surface area contributed by atoms with Gasteiger partial charge in [0, 0.05) is 32.0 Å². The van der Waals surface area contributed by atoms with Crippen LogP contribution < -0.4 is 5.32 Å². The average Bonchev–Trinajstić information content (AvgIpc) is 3.12. The number of hydrogen-bond acceptors (Lipinski definition) is 5. The Morgan fingerprint density at radius 3 is 2.30 bits per heavy atom. The molecule has 0 saturated carbocycles. The molecule has 1 fully saturated rings. The predicted octanol–water partition coefficient (Wildman–Crippen LogP) is 3.02. The predicted molar refractivity (Wildman–Crippen MR) is 141 cm³/mol. The maximum Gasteiger partial charge on any atom is 0.256 e. The lowest BCUT2D eigenvalue weighted by molar-refractivity contribution is -0.144. The van der Waals surface area contributed by atoms with Crippen molar-refractivity contribution in [2.24, 2.45) is 15.9 Å². The van der Waals surface area contributed by atoms with E-state index < -0.39 is 16.9 Å². The van der Waals surface area contributed by atoms with Crippen molar-refractivity contribution in [1.82, 2.24) is 15.2 Å². The van der Waals surface area contributed by atoms with Crippen molar-refractivity contribution in [2.75, 3.05) is 26.7 Å². The summed E-state index contributed by atoms with van der Waals surface area (Å²) < 4.78 is 5.89. The highest BCUT2D eigenvalue weighted by molar-refractivity contribution is 6.13. The highest BCUT2D eigenvalue weighted by Gasteiger charge is 2.53. The zero-order valence-corrected chi connectivity index (χ0v) is 22.1. The van der Waals surface area contributed by atoms with Crippen molar-refractivity contribution in [3.05, 3.63) is 71.8 Å². The van der Waals surface area contributed by atoms with Crippen molar-refractivity contribution >= 4 is 23.4 Å². The minimum absolute atomic E-state index is 0.0343. The third kappa shape index (κ3) is 5.91. The van der Waals surface area contributed by atoms with E-state index in [-0.39, 0.29) is 30.9 Å². The van der Waals surface area contributed by atoms with Gasteiger partial charge < -0.3 is 15.0 Å². The molecule has 0 bridgehead atoms. The fourth-order valence-electron chi connectivity index (χ4n) is 4.85. The van der Waals surface area contributed by atoms with Crippen LogP contribution in [0.1, 0.15) is 38.3 Å². The largest absolute Gasteiger partial charge is 0.374 e. The van der Waals surface area contributed by atoms with E-state index in [0.717, 1.165) is 16.8 Å². The van der Waals surface area contributed by atoms with Gasteiger partial charge in [-0.05, 0) is 17.5 Å². The van der Waals surface area contributed by atoms with Crippen LogP contribution in [0, 0.1) is 10.8 Å². The van der Waals surface area contributed by atoms with Gasteiger partial charge in [0.15, 0.2) is 0 Å². The van der Waals surface area contributed by atoms with Gasteiger partial charge in [0.05, 0.1) is 18.9 Å². The Bertz CT molecular complexity index is 1160. The van der Waals surface area contributed by atoms with E-state index in [1.807, 2.05) is 60.7 Å². The zero-order valence-electron chi connectivity index (χ0n) is 22.1. The number of carbonyl (C=O) groups is 3. The molecule has 2 unspecified atom stereocenters. The van der Waals surface area contributed by atoms with Crippen molar-refractivity contribution in [1.29, 1.82) is 0 Å². The van der Waals surface area contributed by atoms with Gasteiger partial charge in [0.1, 0.15) is 11.5 Å². The number of ether oxygens (including phenoxy) is 1. The molecule has 2 aliphatic heterocycles. The second kappa shape index (κ2) is 10.8. The summed E-state index contributed by atoms with van der Waals surface area (Å²) in [5.74, 6) is -0.594. The maximum atomic E-state index is 13.8. The molecule has 2 aromatic rings. The molecule has 2 heterocycles. The van der Waals surface area contributed by atoms with Crippen LogP contribution in [0.5, 0.6) is 0 Å². The van der Waals surface area contributed by atoms with Crippen LogP contribution in [0.4, 0.5) is 0 Å². The molecule has 2 aliphatic rings. The summed E-state index contributed by atoms with van der Waals surface area (Å²) in [4.78, 5) is 41.8. The Kier molecular flexibility index (Phi) is 7.78. The topological polar surface area (TPSA) is 91.3 Å². The van der Waals surface area contributed by atoms with Crippen LogP contribution in [0.3, 0.4) is 0 Å². The Morgan fingerprint density at radius 2 is 1.68 bits per heavy atom. The first-order valence-electron chi connectivity index (χ1n) is 12.7. The molecule has 2 aromatic carbocycles. The Labute approximate surface area is 218 Å². The molecule has 4 rings (SSSR count). The van der Waals surface area contributed by atoms with Crippen LogP contribution in [-0.4, -0.2) is 66.1 Å². The van der Waals surface area contributed by atoms with Gasteiger partial charge in [-0.25, -0.2) is 5.01 Å². The normalized spacial score (nSPS) is 20.3. The number of nitrogens with one attached hydrogen (secondary N) is 1. The standard InChI is InChI=1S/C29H36N4O4/c1-28(2,3)26(35)30-23(19-37-18-22-13-9-6-10-14-22)25(34)33-16-15-24-29(20-33,27(36)32(4)31-24)17-21-11-7-5-8-12-21/h5-14,23H,15-20H2,1-4H3,(H,30,35). The Hall–Kier alpha value is -3.52. The molecule has 0 spiro atoms. The fraction of sp³-hybridized carbons (Fsp3) is 0.448. The van der Waals surface area contributed by atoms with E-state index in [1.54, 1.807) is 32.7 Å². The van der Waals surface area contributed by atoms with Crippen molar-refractivity contribution in [2.45, 2.75) is 46.3 Å². The van der Waals surface area contributed by atoms with E-state index in [1.165, 1.54) is 5.01 Å². The van der Waals surface area contributed by atoms with Gasteiger partial charge in [-0.3, -0.25) is 14.4 Å². The van der Waals surface area contributed by atoms with Gasteiger partial charge in [0.25, 0.3) is 5.91 Å². The lowest BCUT2D eigenvalue weighted by Crippen LogP contribution is -2.60. The zero-order chi connectivity index (χ0) is 26.6. The van der Waals surface area contributed by atoms with Crippen LogP contribution in [0.25, 0.3) is 0 Å². The van der Waals surface area contributed by atoms with Gasteiger partial charge >= 0.3 is 0 Å². The molecular weight excluding hydrogens is 468 g/mol. The summed E-state index contributed by atoms with van der Waals surface area (Å²) in [7, 11) is 1.66. The molecule has 2 atom stereocenters. The van der Waals surface area contributed by atoms with Gasteiger partial charge in [0.2, 0.25) is 11.8 Å². The van der Waals surface area contributed by atoms with Crippen LogP contribution in [0.2, 0.25) is 0 Å². The highest BCUT2D eigenvalue weighted by Crippen LogP contribution is 2.38. The monoisotopic (exact) mass is 504 g/mol. The van der Waals surface area contributed by atoms with Crippen molar-refractivity contribution < 1.29 is 19.1 Å². The number of carbonyl (C=O) groups excluding carboxylic acids is 3. The number of likely N-dealkylation sites (tertiary alicyclic amines) is 1. The Morgan fingerprint density at radius 1 is 1.05 bits per heavy atom. The number of piperidine rings is 1. The molecule has 196 valence electrons. The summed E-state index contributed by atoms with van der Waals surface area (Å²) in [5.41, 5.74) is 1.22. The van der Waals surface area contributed by atoms with Crippen molar-refractivity contribution in [3.8, 4) is 0 Å². The average molecular weight is 505 g/mol. The smallest absolute Gasteiger partial charge is 0.256 e. The number of hydrogen-bond donors (Lipinski definition) is 1. The minimum atomic E-state index is -0.909. The van der Waals surface area contributed by atoms with Gasteiger partial charge in [-0.2, -0.15) is 5.10 Å². The van der Waals surface area contributed by atoms with Crippen molar-refractivity contribution in [3.63, 3.8) is 0 Å². The molecular formula is C29H36N4O4. The van der Waals surface area contributed by atoms with E-state index in [9.17, 15) is 14.4 Å². The Balaban J connectivity index is 1.54. The second-order valence-electron chi connectivity index (χ2n) is 10.9. The molecule has 3 amide bonds. The van der Waals surface area contributed by atoms with E-state index in [2.05, 4.69) is 10.4 Å². The van der Waals surface area contributed by atoms with Crippen LogP contribution in [-0.2, 0) is 32.1 Å². The summed E-state index contributed by atoms with van der Waals surface area (Å²) >= 11 is 0. The number of hydrazone groups is 1. The van der Waals surface area contributed by atoms with Crippen LogP contribution >= 0.6 is 0 Å². The number of benzene rings is 2. The summed E-state index contributed by atoms with van der Waals surface area (Å²) in [5, 5.41) is 8.83. The fourth-order valence-corrected chi connectivity index (χ4v) is 4.85. The molecule has 1 saturated heterocycles. The summed E-state index contributed by atoms with van der Waals surface area (Å²) in [6.45, 7) is 6.42. The third-order valence-electron chi connectivity index (χ3n) is 6.95. The van der Waals surface area contributed by atoms with Crippen LogP contribution in [0.15, 0.2) is 65.8 Å². The molecule has 0 aliphatic carbocycles. The molecule has 8 nitrogen and oxygen atoms in total. The quantitative estimate of drug-likeness (QED) is 0.598. The first-order chi connectivity index (χ1) is 17.6. The minimum Gasteiger partial charge on any atom is -0.374 e. The molecule has 0 aromatic heterocycles. The SMILES string of the molecule is CN1N=C2CCN(C(=O)C(COCc3ccccc3)NC(=O)C(C)(C)C)CC2(Cc2ccccc2)C1=O. The number of amides is 3. The van der Waals surface area contributed by atoms with E-state index in [0.29, 0.717) is 26.0 Å². The molecule has 0 radical (unpaired) electrons. The lowest BCUT2D eigenvalue weighted by atomic mass is 9.73. The molecule has 8 heteroatoms. The summed E-state index contributed by atoms with van der Waals surface area (Å²) in [6.07, 6.45) is 0.961. The third-order valence-corrected chi connectivity index (χ3v) is 6.95. The molecule has 37 heavy (non-hydrogen) atoms. The second-order valence-corrected chi connectivity index (χ2v) is 10.9. The number of rotatable bonds is 8. The van der Waals surface area contributed by atoms with Gasteiger partial charge in [-0.15, -0.1) is 0 Å². The lowest BCUT2D eigenvalue weighted by Gasteiger charge is -2.40. The van der Waals surface area contributed by atoms with E-state index in [4.69, 9.17) is 4.74 Å². The molecule has 1 N–H and O–H groups in total. The van der Waals surface area contributed by atoms with Gasteiger partial charge in [-0.1, -0.05) is 81.4 Å². The first-order valence-corrected chi connectivity index (χ1v) is 12.7. The highest BCUT2D eigenvalue weighted by atomic mass is 16.5. The number of nitrogens with zero attached hydrogens (tertiary/aromatic N) is 3.